The van der Waals surface area contributed by atoms with E-state index in [1.165, 1.54) is 0 Å². The van der Waals surface area contributed by atoms with E-state index in [2.05, 4.69) is 5.32 Å². The number of aryl methyl sites for hydroxylation is 1. The fourth-order valence-electron chi connectivity index (χ4n) is 3.79. The highest BCUT2D eigenvalue weighted by atomic mass is 35.5. The normalized spacial score (nSPS) is 15.2. The topological polar surface area (TPSA) is 73.9 Å². The number of halogens is 1. The zero-order valence-electron chi connectivity index (χ0n) is 19.5. The minimum absolute atomic E-state index is 0.0641. The van der Waals surface area contributed by atoms with Crippen molar-refractivity contribution in [2.24, 2.45) is 5.41 Å². The minimum Gasteiger partial charge on any atom is -0.432 e. The van der Waals surface area contributed by atoms with Gasteiger partial charge in [0.05, 0.1) is 12.2 Å². The summed E-state index contributed by atoms with van der Waals surface area (Å²) >= 11 is 6.77. The number of carbonyl (C=O) groups is 2. The highest BCUT2D eigenvalue weighted by Gasteiger charge is 2.39. The van der Waals surface area contributed by atoms with Crippen LogP contribution in [0.1, 0.15) is 38.8 Å². The van der Waals surface area contributed by atoms with Gasteiger partial charge in [0.25, 0.3) is 5.91 Å². The van der Waals surface area contributed by atoms with E-state index in [-0.39, 0.29) is 30.5 Å². The number of amides is 1. The number of hydrogen-bond acceptors (Lipinski definition) is 5. The number of benzene rings is 2. The summed E-state index contributed by atoms with van der Waals surface area (Å²) in [5.41, 5.74) is 3.05. The fourth-order valence-corrected chi connectivity index (χ4v) is 4.12. The molecule has 2 aromatic rings. The molecule has 176 valence electrons. The molecule has 0 spiro atoms. The van der Waals surface area contributed by atoms with Crippen LogP contribution in [-0.4, -0.2) is 38.4 Å². The molecule has 0 atom stereocenters. The van der Waals surface area contributed by atoms with Crippen LogP contribution in [0.3, 0.4) is 0 Å². The van der Waals surface area contributed by atoms with Crippen LogP contribution in [0.25, 0.3) is 16.7 Å². The average Bonchev–Trinajstić information content (AvgIpc) is 2.80. The highest BCUT2D eigenvalue weighted by molar-refractivity contribution is 6.35. The van der Waals surface area contributed by atoms with Crippen LogP contribution < -0.4 is 5.32 Å². The van der Waals surface area contributed by atoms with E-state index in [0.29, 0.717) is 30.2 Å². The van der Waals surface area contributed by atoms with Gasteiger partial charge in [0.2, 0.25) is 0 Å². The van der Waals surface area contributed by atoms with E-state index in [4.69, 9.17) is 25.8 Å². The molecule has 1 amide bonds. The molecular weight excluding hydrogens is 442 g/mol. The first kappa shape index (κ1) is 24.8. The third kappa shape index (κ3) is 5.75. The molecule has 1 heterocycles. The Kier molecular flexibility index (Phi) is 8.16. The molecule has 0 unspecified atom stereocenters. The Labute approximate surface area is 199 Å². The first-order chi connectivity index (χ1) is 15.8. The SMILES string of the molecule is CCOCCOC(=O)OC1=C(c2c(Cl)cc(-c3ccccc3)cc2CC)C(=O)NCC1(C)C. The molecule has 1 N–H and O–H groups in total. The number of nitrogens with one attached hydrogen (secondary N) is 1. The lowest BCUT2D eigenvalue weighted by Gasteiger charge is -2.34. The molecule has 1 aliphatic heterocycles. The molecule has 0 radical (unpaired) electrons. The Morgan fingerprint density at radius 2 is 1.82 bits per heavy atom. The van der Waals surface area contributed by atoms with Crippen LogP contribution in [0.5, 0.6) is 0 Å². The van der Waals surface area contributed by atoms with Crippen molar-refractivity contribution in [2.75, 3.05) is 26.4 Å². The zero-order chi connectivity index (χ0) is 24.0. The number of hydrogen-bond donors (Lipinski definition) is 1. The summed E-state index contributed by atoms with van der Waals surface area (Å²) < 4.78 is 16.0. The van der Waals surface area contributed by atoms with Crippen molar-refractivity contribution < 1.29 is 23.8 Å². The second-order valence-corrected chi connectivity index (χ2v) is 8.79. The summed E-state index contributed by atoms with van der Waals surface area (Å²) in [6.45, 7) is 8.83. The summed E-state index contributed by atoms with van der Waals surface area (Å²) in [7, 11) is 0. The van der Waals surface area contributed by atoms with E-state index in [9.17, 15) is 9.59 Å². The van der Waals surface area contributed by atoms with Crippen molar-refractivity contribution in [3.63, 3.8) is 0 Å². The maximum absolute atomic E-state index is 13.1. The smallest absolute Gasteiger partial charge is 0.432 e. The summed E-state index contributed by atoms with van der Waals surface area (Å²) in [5, 5.41) is 3.32. The fraction of sp³-hybridized carbons (Fsp3) is 0.385. The van der Waals surface area contributed by atoms with Gasteiger partial charge in [-0.15, -0.1) is 0 Å². The predicted octanol–water partition coefficient (Wildman–Crippen LogP) is 5.63. The van der Waals surface area contributed by atoms with Crippen molar-refractivity contribution in [1.82, 2.24) is 5.32 Å². The number of ether oxygens (including phenoxy) is 3. The van der Waals surface area contributed by atoms with Crippen LogP contribution in [0.15, 0.2) is 48.2 Å². The molecule has 0 aliphatic carbocycles. The van der Waals surface area contributed by atoms with Gasteiger partial charge < -0.3 is 19.5 Å². The first-order valence-corrected chi connectivity index (χ1v) is 11.5. The molecule has 0 saturated carbocycles. The Hall–Kier alpha value is -2.83. The highest BCUT2D eigenvalue weighted by Crippen LogP contribution is 2.42. The monoisotopic (exact) mass is 471 g/mol. The molecule has 7 heteroatoms. The molecule has 6 nitrogen and oxygen atoms in total. The predicted molar refractivity (Wildman–Crippen MR) is 129 cm³/mol. The second kappa shape index (κ2) is 10.9. The summed E-state index contributed by atoms with van der Waals surface area (Å²) in [6.07, 6.45) is -0.237. The largest absolute Gasteiger partial charge is 0.513 e. The van der Waals surface area contributed by atoms with E-state index < -0.39 is 11.6 Å². The molecule has 33 heavy (non-hydrogen) atoms. The van der Waals surface area contributed by atoms with Gasteiger partial charge in [-0.3, -0.25) is 4.79 Å². The van der Waals surface area contributed by atoms with Gasteiger partial charge in [-0.2, -0.15) is 0 Å². The lowest BCUT2D eigenvalue weighted by atomic mass is 9.81. The third-order valence-corrected chi connectivity index (χ3v) is 5.80. The average molecular weight is 472 g/mol. The molecule has 0 bridgehead atoms. The van der Waals surface area contributed by atoms with Crippen LogP contribution in [0, 0.1) is 5.41 Å². The quantitative estimate of drug-likeness (QED) is 0.399. The van der Waals surface area contributed by atoms with E-state index in [1.807, 2.05) is 70.2 Å². The Morgan fingerprint density at radius 1 is 1.09 bits per heavy atom. The molecule has 0 saturated heterocycles. The summed E-state index contributed by atoms with van der Waals surface area (Å²) in [6, 6.07) is 13.8. The number of carbonyl (C=O) groups excluding carboxylic acids is 2. The molecule has 2 aromatic carbocycles. The van der Waals surface area contributed by atoms with Crippen LogP contribution in [-0.2, 0) is 25.4 Å². The third-order valence-electron chi connectivity index (χ3n) is 5.51. The molecule has 1 aliphatic rings. The van der Waals surface area contributed by atoms with Crippen LogP contribution in [0.4, 0.5) is 4.79 Å². The maximum atomic E-state index is 13.1. The van der Waals surface area contributed by atoms with E-state index in [1.54, 1.807) is 0 Å². The molecule has 0 aromatic heterocycles. The van der Waals surface area contributed by atoms with Gasteiger partial charge in [-0.05, 0) is 36.1 Å². The summed E-state index contributed by atoms with van der Waals surface area (Å²) in [5.74, 6) is -0.0905. The van der Waals surface area contributed by atoms with Crippen LogP contribution in [0.2, 0.25) is 5.02 Å². The maximum Gasteiger partial charge on any atom is 0.513 e. The van der Waals surface area contributed by atoms with E-state index >= 15 is 0 Å². The number of rotatable bonds is 8. The Morgan fingerprint density at radius 3 is 2.48 bits per heavy atom. The van der Waals surface area contributed by atoms with Gasteiger partial charge in [0, 0.05) is 29.2 Å². The molecular formula is C26H30ClNO5. The van der Waals surface area contributed by atoms with Gasteiger partial charge in [0.15, 0.2) is 0 Å². The van der Waals surface area contributed by atoms with Gasteiger partial charge in [-0.1, -0.05) is 68.8 Å². The van der Waals surface area contributed by atoms with Crippen LogP contribution >= 0.6 is 11.6 Å². The molecule has 3 rings (SSSR count). The minimum atomic E-state index is -0.875. The van der Waals surface area contributed by atoms with Crippen molar-refractivity contribution in [2.45, 2.75) is 34.1 Å². The first-order valence-electron chi connectivity index (χ1n) is 11.1. The van der Waals surface area contributed by atoms with Gasteiger partial charge in [0.1, 0.15) is 12.4 Å². The lowest BCUT2D eigenvalue weighted by Crippen LogP contribution is -2.43. The van der Waals surface area contributed by atoms with Crippen molar-refractivity contribution in [3.05, 3.63) is 64.4 Å². The molecule has 0 fully saturated rings. The van der Waals surface area contributed by atoms with Crippen molar-refractivity contribution >= 4 is 29.2 Å². The Bertz CT molecular complexity index is 1050. The second-order valence-electron chi connectivity index (χ2n) is 8.38. The van der Waals surface area contributed by atoms with Crippen molar-refractivity contribution in [3.8, 4) is 11.1 Å². The van der Waals surface area contributed by atoms with E-state index in [0.717, 1.165) is 16.7 Å². The van der Waals surface area contributed by atoms with Gasteiger partial charge >= 0.3 is 6.16 Å². The lowest BCUT2D eigenvalue weighted by molar-refractivity contribution is -0.116. The zero-order valence-corrected chi connectivity index (χ0v) is 20.3. The van der Waals surface area contributed by atoms with Crippen molar-refractivity contribution in [1.29, 1.82) is 0 Å². The summed E-state index contributed by atoms with van der Waals surface area (Å²) in [4.78, 5) is 25.5. The van der Waals surface area contributed by atoms with Gasteiger partial charge in [-0.25, -0.2) is 4.79 Å². The standard InChI is InChI=1S/C26H30ClNO5/c1-5-17-14-19(18-10-8-7-9-11-18)15-20(27)21(17)22-23(26(3,4)16-28-24(22)29)33-25(30)32-13-12-31-6-2/h7-11,14-15H,5-6,12-13,16H2,1-4H3,(H,28,29). The Balaban J connectivity index is 2.07.